The number of carbonyl (C=O) groups is 1. The van der Waals surface area contributed by atoms with Gasteiger partial charge in [0, 0.05) is 12.1 Å². The highest BCUT2D eigenvalue weighted by Crippen LogP contribution is 2.16. The van der Waals surface area contributed by atoms with Gasteiger partial charge in [-0.15, -0.1) is 0 Å². The van der Waals surface area contributed by atoms with E-state index < -0.39 is 0 Å². The van der Waals surface area contributed by atoms with E-state index in [9.17, 15) is 4.79 Å². The van der Waals surface area contributed by atoms with Gasteiger partial charge in [0.1, 0.15) is 5.75 Å². The van der Waals surface area contributed by atoms with Crippen molar-refractivity contribution in [3.63, 3.8) is 0 Å². The van der Waals surface area contributed by atoms with E-state index in [1.54, 1.807) is 12.1 Å². The quantitative estimate of drug-likeness (QED) is 0.329. The first-order valence-corrected chi connectivity index (χ1v) is 4.42. The Bertz CT molecular complexity index is 287. The fourth-order valence-electron chi connectivity index (χ4n) is 0.877. The highest BCUT2D eigenvalue weighted by atomic mass is 16.6. The van der Waals surface area contributed by atoms with Crippen LogP contribution < -0.4 is 5.48 Å². The Labute approximate surface area is 83.5 Å². The summed E-state index contributed by atoms with van der Waals surface area (Å²) in [5.41, 5.74) is 2.50. The van der Waals surface area contributed by atoms with Crippen LogP contribution in [-0.4, -0.2) is 18.5 Å². The molecule has 1 rings (SSSR count). The highest BCUT2D eigenvalue weighted by Gasteiger charge is 2.03. The number of hydrogen-bond acceptors (Lipinski definition) is 3. The van der Waals surface area contributed by atoms with Crippen molar-refractivity contribution in [2.24, 2.45) is 0 Å². The van der Waals surface area contributed by atoms with Gasteiger partial charge >= 0.3 is 0 Å². The standard InChI is InChI=1S/C8H9NO3.C2H6/c1-12-9-7-2-3-8(11)6(4-7)5-10;1-2/h2-5,9,11H,1H3;1-2H3/p+1. The van der Waals surface area contributed by atoms with Crippen LogP contribution in [0.15, 0.2) is 18.2 Å². The lowest BCUT2D eigenvalue weighted by Crippen LogP contribution is -2.75. The average molecular weight is 198 g/mol. The third-order valence-electron chi connectivity index (χ3n) is 1.43. The molecule has 0 heterocycles. The number of hydrogen-bond donors (Lipinski definition) is 2. The van der Waals surface area contributed by atoms with Crippen LogP contribution in [0.2, 0.25) is 0 Å². The Hall–Kier alpha value is -1.39. The minimum Gasteiger partial charge on any atom is -0.507 e. The molecule has 0 amide bonds. The number of aromatic hydroxyl groups is 1. The second-order valence-corrected chi connectivity index (χ2v) is 2.29. The second-order valence-electron chi connectivity index (χ2n) is 2.29. The number of aldehydes is 1. The van der Waals surface area contributed by atoms with E-state index in [1.165, 1.54) is 18.7 Å². The van der Waals surface area contributed by atoms with Gasteiger partial charge in [-0.05, 0) is 6.07 Å². The zero-order chi connectivity index (χ0) is 11.0. The largest absolute Gasteiger partial charge is 0.507 e. The van der Waals surface area contributed by atoms with Crippen molar-refractivity contribution in [1.82, 2.24) is 0 Å². The molecule has 1 aromatic rings. The zero-order valence-corrected chi connectivity index (χ0v) is 8.65. The smallest absolute Gasteiger partial charge is 0.162 e. The number of benzene rings is 1. The van der Waals surface area contributed by atoms with E-state index in [4.69, 9.17) is 9.94 Å². The molecule has 0 bridgehead atoms. The lowest BCUT2D eigenvalue weighted by molar-refractivity contribution is -0.830. The molecule has 0 aliphatic carbocycles. The molecule has 0 aliphatic rings. The zero-order valence-electron chi connectivity index (χ0n) is 8.65. The molecule has 0 aliphatic heterocycles. The molecule has 0 radical (unpaired) electrons. The fourth-order valence-corrected chi connectivity index (χ4v) is 0.877. The summed E-state index contributed by atoms with van der Waals surface area (Å²) >= 11 is 0. The Morgan fingerprint density at radius 3 is 2.57 bits per heavy atom. The Morgan fingerprint density at radius 2 is 2.07 bits per heavy atom. The van der Waals surface area contributed by atoms with E-state index in [0.717, 1.165) is 5.69 Å². The molecule has 0 atom stereocenters. The van der Waals surface area contributed by atoms with Crippen molar-refractivity contribution in [2.75, 3.05) is 7.11 Å². The van der Waals surface area contributed by atoms with E-state index in [-0.39, 0.29) is 11.3 Å². The topological polar surface area (TPSA) is 63.1 Å². The summed E-state index contributed by atoms with van der Waals surface area (Å²) in [5.74, 6) is -0.0155. The van der Waals surface area contributed by atoms with Crippen molar-refractivity contribution in [3.05, 3.63) is 23.8 Å². The molecule has 4 nitrogen and oxygen atoms in total. The lowest BCUT2D eigenvalue weighted by atomic mass is 10.2. The van der Waals surface area contributed by atoms with Gasteiger partial charge in [0.05, 0.1) is 12.7 Å². The minimum atomic E-state index is -0.0155. The van der Waals surface area contributed by atoms with Gasteiger partial charge in [0.15, 0.2) is 12.0 Å². The summed E-state index contributed by atoms with van der Waals surface area (Å²) in [6, 6.07) is 4.66. The summed E-state index contributed by atoms with van der Waals surface area (Å²) in [7, 11) is 1.52. The molecule has 0 saturated heterocycles. The third kappa shape index (κ3) is 3.55. The molecule has 3 N–H and O–H groups in total. The van der Waals surface area contributed by atoms with Crippen LogP contribution in [0.5, 0.6) is 5.75 Å². The number of phenols is 1. The number of quaternary nitrogens is 1. The summed E-state index contributed by atoms with van der Waals surface area (Å²) in [6.07, 6.45) is 0.600. The van der Waals surface area contributed by atoms with Gasteiger partial charge < -0.3 is 5.11 Å². The molecule has 0 spiro atoms. The second kappa shape index (κ2) is 7.06. The van der Waals surface area contributed by atoms with Crippen LogP contribution in [0.4, 0.5) is 5.69 Å². The fraction of sp³-hybridized carbons (Fsp3) is 0.300. The van der Waals surface area contributed by atoms with E-state index >= 15 is 0 Å². The van der Waals surface area contributed by atoms with Crippen molar-refractivity contribution < 1.29 is 20.2 Å². The maximum absolute atomic E-state index is 10.4. The van der Waals surface area contributed by atoms with Crippen LogP contribution in [0.25, 0.3) is 0 Å². The predicted molar refractivity (Wildman–Crippen MR) is 53.4 cm³/mol. The number of phenolic OH excluding ortho intramolecular Hbond substituents is 1. The lowest BCUT2D eigenvalue weighted by Gasteiger charge is -1.98. The molecular weight excluding hydrogens is 182 g/mol. The first-order valence-electron chi connectivity index (χ1n) is 4.42. The predicted octanol–water partition coefficient (Wildman–Crippen LogP) is 0.987. The van der Waals surface area contributed by atoms with Crippen LogP contribution >= 0.6 is 0 Å². The van der Waals surface area contributed by atoms with Crippen LogP contribution in [-0.2, 0) is 4.84 Å². The van der Waals surface area contributed by atoms with Crippen LogP contribution in [0.3, 0.4) is 0 Å². The molecule has 0 saturated carbocycles. The first kappa shape index (κ1) is 12.6. The van der Waals surface area contributed by atoms with Gasteiger partial charge in [0.25, 0.3) is 0 Å². The normalized spacial score (nSPS) is 8.79. The Morgan fingerprint density at radius 1 is 1.43 bits per heavy atom. The van der Waals surface area contributed by atoms with Crippen LogP contribution in [0, 0.1) is 0 Å². The van der Waals surface area contributed by atoms with Gasteiger partial charge in [-0.2, -0.15) is 5.48 Å². The molecule has 0 aromatic heterocycles. The van der Waals surface area contributed by atoms with Crippen molar-refractivity contribution >= 4 is 12.0 Å². The van der Waals surface area contributed by atoms with Gasteiger partial charge in [-0.25, -0.2) is 4.84 Å². The van der Waals surface area contributed by atoms with E-state index in [2.05, 4.69) is 0 Å². The van der Waals surface area contributed by atoms with Crippen molar-refractivity contribution in [3.8, 4) is 5.75 Å². The molecule has 14 heavy (non-hydrogen) atoms. The maximum Gasteiger partial charge on any atom is 0.162 e. The number of rotatable bonds is 3. The maximum atomic E-state index is 10.4. The van der Waals surface area contributed by atoms with Gasteiger partial charge in [0.2, 0.25) is 0 Å². The molecule has 0 unspecified atom stereocenters. The van der Waals surface area contributed by atoms with Crippen molar-refractivity contribution in [1.29, 1.82) is 0 Å². The van der Waals surface area contributed by atoms with Gasteiger partial charge in [-0.1, -0.05) is 13.8 Å². The number of carbonyl (C=O) groups excluding carboxylic acids is 1. The monoisotopic (exact) mass is 198 g/mol. The van der Waals surface area contributed by atoms with E-state index in [1.807, 2.05) is 13.8 Å². The summed E-state index contributed by atoms with van der Waals surface area (Å²) < 4.78 is 0. The highest BCUT2D eigenvalue weighted by molar-refractivity contribution is 5.80. The molecule has 1 aromatic carbocycles. The minimum absolute atomic E-state index is 0.0155. The Kier molecular flexibility index (Phi) is 6.36. The summed E-state index contributed by atoms with van der Waals surface area (Å²) in [5, 5.41) is 9.12. The Balaban J connectivity index is 0.000000791. The van der Waals surface area contributed by atoms with E-state index in [0.29, 0.717) is 6.29 Å². The van der Waals surface area contributed by atoms with Gasteiger partial charge in [-0.3, -0.25) is 4.79 Å². The SMILES string of the molecule is CC.CO[NH2+]c1ccc(O)c(C=O)c1. The molecule has 4 heteroatoms. The third-order valence-corrected chi connectivity index (χ3v) is 1.43. The first-order chi connectivity index (χ1) is 6.77. The van der Waals surface area contributed by atoms with Crippen molar-refractivity contribution in [2.45, 2.75) is 13.8 Å². The number of nitrogens with two attached hydrogens (primary N) is 1. The molecule has 0 fully saturated rings. The average Bonchev–Trinajstić information content (AvgIpc) is 2.24. The molecular formula is C10H16NO3+. The summed E-state index contributed by atoms with van der Waals surface area (Å²) in [4.78, 5) is 15.1. The summed E-state index contributed by atoms with van der Waals surface area (Å²) in [6.45, 7) is 4.00. The molecule has 78 valence electrons. The van der Waals surface area contributed by atoms with Crippen LogP contribution in [0.1, 0.15) is 24.2 Å².